The Labute approximate surface area is 145 Å². The molecular formula is C16H18FN3O4S. The Kier molecular flexibility index (Phi) is 5.27. The summed E-state index contributed by atoms with van der Waals surface area (Å²) in [6, 6.07) is 8.64. The second kappa shape index (κ2) is 7.06. The molecular weight excluding hydrogens is 349 g/mol. The smallest absolute Gasteiger partial charge is 0.310 e. The summed E-state index contributed by atoms with van der Waals surface area (Å²) in [6.07, 6.45) is 0.911. The predicted octanol–water partition coefficient (Wildman–Crippen LogP) is 2.82. The number of hydrogen-bond acceptors (Lipinski definition) is 6. The number of hydrogen-bond donors (Lipinski definition) is 1. The molecule has 0 aliphatic rings. The first-order valence-corrected chi connectivity index (χ1v) is 9.17. The monoisotopic (exact) mass is 367 g/mol. The molecule has 0 bridgehead atoms. The molecule has 0 aliphatic heterocycles. The van der Waals surface area contributed by atoms with Crippen molar-refractivity contribution < 1.29 is 17.7 Å². The van der Waals surface area contributed by atoms with Gasteiger partial charge in [-0.1, -0.05) is 12.1 Å². The molecule has 0 spiro atoms. The van der Waals surface area contributed by atoms with E-state index in [0.717, 1.165) is 6.26 Å². The Morgan fingerprint density at radius 1 is 1.24 bits per heavy atom. The molecule has 2 aromatic rings. The van der Waals surface area contributed by atoms with Gasteiger partial charge in [0, 0.05) is 26.9 Å². The van der Waals surface area contributed by atoms with Crippen LogP contribution in [-0.4, -0.2) is 33.7 Å². The first-order chi connectivity index (χ1) is 11.6. The zero-order valence-electron chi connectivity index (χ0n) is 14.0. The Balaban J connectivity index is 2.33. The standard InChI is InChI=1S/C16H18FN3O4S/c1-19(2)14-8-7-11(9-12(14)17)10-18-13-5-4-6-15(25(3,23)24)16(13)20(21)22/h4-9,18H,10H2,1-3H3. The highest BCUT2D eigenvalue weighted by molar-refractivity contribution is 7.90. The van der Waals surface area contributed by atoms with Crippen molar-refractivity contribution in [2.75, 3.05) is 30.6 Å². The van der Waals surface area contributed by atoms with Crippen molar-refractivity contribution in [3.05, 3.63) is 57.9 Å². The summed E-state index contributed by atoms with van der Waals surface area (Å²) in [4.78, 5) is 11.8. The topological polar surface area (TPSA) is 92.6 Å². The average Bonchev–Trinajstić information content (AvgIpc) is 2.51. The van der Waals surface area contributed by atoms with Gasteiger partial charge < -0.3 is 10.2 Å². The molecule has 2 aromatic carbocycles. The Morgan fingerprint density at radius 2 is 1.92 bits per heavy atom. The normalized spacial score (nSPS) is 11.2. The van der Waals surface area contributed by atoms with Gasteiger partial charge in [0.25, 0.3) is 0 Å². The van der Waals surface area contributed by atoms with Gasteiger partial charge in [-0.25, -0.2) is 12.8 Å². The van der Waals surface area contributed by atoms with Crippen molar-refractivity contribution in [1.82, 2.24) is 0 Å². The highest BCUT2D eigenvalue weighted by atomic mass is 32.2. The lowest BCUT2D eigenvalue weighted by Crippen LogP contribution is -2.11. The van der Waals surface area contributed by atoms with Crippen LogP contribution >= 0.6 is 0 Å². The highest BCUT2D eigenvalue weighted by Gasteiger charge is 2.25. The molecule has 134 valence electrons. The van der Waals surface area contributed by atoms with Crippen LogP contribution in [0.3, 0.4) is 0 Å². The SMILES string of the molecule is CN(C)c1ccc(CNc2cccc(S(C)(=O)=O)c2[N+](=O)[O-])cc1F. The van der Waals surface area contributed by atoms with Gasteiger partial charge >= 0.3 is 5.69 Å². The van der Waals surface area contributed by atoms with Crippen LogP contribution in [0.4, 0.5) is 21.5 Å². The fraction of sp³-hybridized carbons (Fsp3) is 0.250. The molecule has 9 heteroatoms. The van der Waals surface area contributed by atoms with E-state index in [1.54, 1.807) is 31.1 Å². The number of nitrogens with zero attached hydrogens (tertiary/aromatic N) is 2. The van der Waals surface area contributed by atoms with Crippen molar-refractivity contribution in [1.29, 1.82) is 0 Å². The molecule has 0 heterocycles. The van der Waals surface area contributed by atoms with E-state index in [9.17, 15) is 22.9 Å². The summed E-state index contributed by atoms with van der Waals surface area (Å²) in [7, 11) is -0.316. The summed E-state index contributed by atoms with van der Waals surface area (Å²) in [5, 5.41) is 14.1. The Morgan fingerprint density at radius 3 is 2.44 bits per heavy atom. The second-order valence-electron chi connectivity index (χ2n) is 5.72. The van der Waals surface area contributed by atoms with E-state index in [-0.39, 0.29) is 17.1 Å². The predicted molar refractivity (Wildman–Crippen MR) is 94.3 cm³/mol. The number of nitro benzene ring substituents is 1. The molecule has 0 radical (unpaired) electrons. The zero-order chi connectivity index (χ0) is 18.8. The highest BCUT2D eigenvalue weighted by Crippen LogP contribution is 2.32. The minimum Gasteiger partial charge on any atom is -0.375 e. The average molecular weight is 367 g/mol. The third kappa shape index (κ3) is 4.24. The van der Waals surface area contributed by atoms with E-state index in [1.165, 1.54) is 24.3 Å². The molecule has 0 amide bonds. The Hall–Kier alpha value is -2.68. The lowest BCUT2D eigenvalue weighted by atomic mass is 10.1. The molecule has 0 unspecified atom stereocenters. The van der Waals surface area contributed by atoms with E-state index >= 15 is 0 Å². The number of halogens is 1. The molecule has 25 heavy (non-hydrogen) atoms. The molecule has 0 fully saturated rings. The van der Waals surface area contributed by atoms with E-state index in [1.807, 2.05) is 0 Å². The maximum atomic E-state index is 14.0. The summed E-state index contributed by atoms with van der Waals surface area (Å²) in [5.41, 5.74) is 0.538. The van der Waals surface area contributed by atoms with E-state index in [0.29, 0.717) is 11.3 Å². The molecule has 7 nitrogen and oxygen atoms in total. The van der Waals surface area contributed by atoms with Gasteiger partial charge in [-0.15, -0.1) is 0 Å². The fourth-order valence-corrected chi connectivity index (χ4v) is 3.23. The number of anilines is 2. The van der Waals surface area contributed by atoms with Crippen LogP contribution in [0.25, 0.3) is 0 Å². The van der Waals surface area contributed by atoms with Gasteiger partial charge in [-0.2, -0.15) is 0 Å². The molecule has 1 N–H and O–H groups in total. The van der Waals surface area contributed by atoms with Crippen LogP contribution in [0, 0.1) is 15.9 Å². The van der Waals surface area contributed by atoms with Crippen molar-refractivity contribution in [3.63, 3.8) is 0 Å². The second-order valence-corrected chi connectivity index (χ2v) is 7.70. The van der Waals surface area contributed by atoms with Crippen LogP contribution in [-0.2, 0) is 16.4 Å². The number of para-hydroxylation sites is 1. The van der Waals surface area contributed by atoms with Crippen molar-refractivity contribution in [2.24, 2.45) is 0 Å². The van der Waals surface area contributed by atoms with Gasteiger partial charge in [-0.3, -0.25) is 10.1 Å². The van der Waals surface area contributed by atoms with Crippen LogP contribution in [0.2, 0.25) is 0 Å². The maximum absolute atomic E-state index is 14.0. The van der Waals surface area contributed by atoms with Gasteiger partial charge in [0.05, 0.1) is 10.6 Å². The van der Waals surface area contributed by atoms with Crippen LogP contribution in [0.5, 0.6) is 0 Å². The number of rotatable bonds is 6. The van der Waals surface area contributed by atoms with Gasteiger partial charge in [0.2, 0.25) is 0 Å². The maximum Gasteiger partial charge on any atom is 0.310 e. The lowest BCUT2D eigenvalue weighted by molar-refractivity contribution is -0.386. The summed E-state index contributed by atoms with van der Waals surface area (Å²) < 4.78 is 37.5. The van der Waals surface area contributed by atoms with Crippen molar-refractivity contribution in [2.45, 2.75) is 11.4 Å². The first kappa shape index (κ1) is 18.7. The minimum absolute atomic E-state index is 0.0602. The summed E-state index contributed by atoms with van der Waals surface area (Å²) >= 11 is 0. The van der Waals surface area contributed by atoms with Crippen molar-refractivity contribution >= 4 is 26.9 Å². The van der Waals surface area contributed by atoms with Gasteiger partial charge in [0.15, 0.2) is 9.84 Å². The fourth-order valence-electron chi connectivity index (χ4n) is 2.37. The minimum atomic E-state index is -3.75. The van der Waals surface area contributed by atoms with Gasteiger partial charge in [-0.05, 0) is 29.8 Å². The number of nitrogens with one attached hydrogen (secondary N) is 1. The molecule has 0 aliphatic carbocycles. The van der Waals surface area contributed by atoms with Crippen LogP contribution < -0.4 is 10.2 Å². The molecule has 0 atom stereocenters. The lowest BCUT2D eigenvalue weighted by Gasteiger charge is -2.15. The largest absolute Gasteiger partial charge is 0.375 e. The van der Waals surface area contributed by atoms with E-state index in [2.05, 4.69) is 5.32 Å². The summed E-state index contributed by atoms with van der Waals surface area (Å²) in [5.74, 6) is -0.413. The first-order valence-electron chi connectivity index (χ1n) is 7.28. The zero-order valence-corrected chi connectivity index (χ0v) is 14.8. The Bertz CT molecular complexity index is 914. The number of nitro groups is 1. The number of sulfone groups is 1. The molecule has 0 saturated carbocycles. The van der Waals surface area contributed by atoms with Crippen molar-refractivity contribution in [3.8, 4) is 0 Å². The van der Waals surface area contributed by atoms with Crippen LogP contribution in [0.15, 0.2) is 41.3 Å². The number of benzene rings is 2. The van der Waals surface area contributed by atoms with E-state index < -0.39 is 26.3 Å². The third-order valence-corrected chi connectivity index (χ3v) is 4.69. The van der Waals surface area contributed by atoms with Gasteiger partial charge in [0.1, 0.15) is 16.4 Å². The molecule has 0 saturated heterocycles. The van der Waals surface area contributed by atoms with Crippen LogP contribution in [0.1, 0.15) is 5.56 Å². The third-order valence-electron chi connectivity index (χ3n) is 3.56. The quantitative estimate of drug-likeness (QED) is 0.623. The summed E-state index contributed by atoms with van der Waals surface area (Å²) in [6.45, 7) is 0.110. The van der Waals surface area contributed by atoms with E-state index in [4.69, 9.17) is 0 Å². The molecule has 0 aromatic heterocycles. The molecule has 2 rings (SSSR count).